The molecule has 0 saturated carbocycles. The molecule has 2 N–H and O–H groups in total. The van der Waals surface area contributed by atoms with E-state index in [9.17, 15) is 9.59 Å². The second kappa shape index (κ2) is 7.65. The standard InChI is InChI=1S/C12H19N3O4/c1-2-5-15-11(18)4-3-10(13-15)12(19)14(6-8-16)7-9-17/h3-4,16-17H,2,5-9H2,1H3. The molecule has 0 spiro atoms. The van der Waals surface area contributed by atoms with Crippen molar-refractivity contribution in [2.75, 3.05) is 26.3 Å². The number of rotatable bonds is 7. The minimum Gasteiger partial charge on any atom is -0.395 e. The molecule has 1 aromatic rings. The highest BCUT2D eigenvalue weighted by Crippen LogP contribution is 2.00. The summed E-state index contributed by atoms with van der Waals surface area (Å²) in [5.74, 6) is -0.409. The molecule has 0 atom stereocenters. The number of aryl methyl sites for hydroxylation is 1. The van der Waals surface area contributed by atoms with Crippen LogP contribution in [-0.4, -0.2) is 57.1 Å². The molecular formula is C12H19N3O4. The first-order valence-corrected chi connectivity index (χ1v) is 6.23. The number of carbonyl (C=O) groups excluding carboxylic acids is 1. The first-order chi connectivity index (χ1) is 9.13. The first-order valence-electron chi connectivity index (χ1n) is 6.23. The lowest BCUT2D eigenvalue weighted by atomic mass is 10.3. The van der Waals surface area contributed by atoms with E-state index in [1.165, 1.54) is 21.7 Å². The summed E-state index contributed by atoms with van der Waals surface area (Å²) >= 11 is 0. The van der Waals surface area contributed by atoms with Gasteiger partial charge in [0.25, 0.3) is 11.5 Å². The van der Waals surface area contributed by atoms with Gasteiger partial charge in [0, 0.05) is 25.7 Å². The lowest BCUT2D eigenvalue weighted by molar-refractivity contribution is 0.0676. The summed E-state index contributed by atoms with van der Waals surface area (Å²) in [4.78, 5) is 24.9. The molecule has 1 amide bonds. The predicted molar refractivity (Wildman–Crippen MR) is 68.9 cm³/mol. The number of aromatic nitrogens is 2. The molecule has 0 saturated heterocycles. The Morgan fingerprint density at radius 3 is 2.47 bits per heavy atom. The molecular weight excluding hydrogens is 250 g/mol. The van der Waals surface area contributed by atoms with E-state index in [0.29, 0.717) is 6.54 Å². The molecule has 1 rings (SSSR count). The molecule has 106 valence electrons. The van der Waals surface area contributed by atoms with Gasteiger partial charge in [0.2, 0.25) is 0 Å². The lowest BCUT2D eigenvalue weighted by Crippen LogP contribution is -2.37. The van der Waals surface area contributed by atoms with Gasteiger partial charge in [0.1, 0.15) is 5.69 Å². The Hall–Kier alpha value is -1.73. The van der Waals surface area contributed by atoms with Crippen molar-refractivity contribution < 1.29 is 15.0 Å². The van der Waals surface area contributed by atoms with Crippen LogP contribution >= 0.6 is 0 Å². The maximum atomic E-state index is 12.1. The summed E-state index contributed by atoms with van der Waals surface area (Å²) in [5, 5.41) is 21.8. The molecule has 0 aliphatic carbocycles. The van der Waals surface area contributed by atoms with E-state index in [4.69, 9.17) is 10.2 Å². The van der Waals surface area contributed by atoms with E-state index >= 15 is 0 Å². The third-order valence-corrected chi connectivity index (χ3v) is 2.55. The van der Waals surface area contributed by atoms with Crippen molar-refractivity contribution in [1.82, 2.24) is 14.7 Å². The maximum Gasteiger partial charge on any atom is 0.274 e. The van der Waals surface area contributed by atoms with Crippen LogP contribution in [0.2, 0.25) is 0 Å². The average Bonchev–Trinajstić information content (AvgIpc) is 2.40. The van der Waals surface area contributed by atoms with Crippen molar-refractivity contribution in [2.45, 2.75) is 19.9 Å². The summed E-state index contributed by atoms with van der Waals surface area (Å²) in [5.41, 5.74) is -0.121. The van der Waals surface area contributed by atoms with E-state index in [0.717, 1.165) is 6.42 Å². The third kappa shape index (κ3) is 4.15. The smallest absolute Gasteiger partial charge is 0.274 e. The Morgan fingerprint density at radius 1 is 1.32 bits per heavy atom. The molecule has 0 aliphatic rings. The minimum atomic E-state index is -0.409. The monoisotopic (exact) mass is 269 g/mol. The molecule has 0 unspecified atom stereocenters. The van der Waals surface area contributed by atoms with Gasteiger partial charge in [-0.1, -0.05) is 6.92 Å². The Balaban J connectivity index is 2.97. The zero-order chi connectivity index (χ0) is 14.3. The van der Waals surface area contributed by atoms with Crippen LogP contribution < -0.4 is 5.56 Å². The van der Waals surface area contributed by atoms with Gasteiger partial charge < -0.3 is 15.1 Å². The van der Waals surface area contributed by atoms with Crippen LogP contribution in [-0.2, 0) is 6.54 Å². The van der Waals surface area contributed by atoms with Crippen molar-refractivity contribution in [3.63, 3.8) is 0 Å². The highest BCUT2D eigenvalue weighted by molar-refractivity contribution is 5.92. The Labute approximate surface area is 111 Å². The van der Waals surface area contributed by atoms with Crippen molar-refractivity contribution in [1.29, 1.82) is 0 Å². The molecule has 1 aromatic heterocycles. The third-order valence-electron chi connectivity index (χ3n) is 2.55. The number of carbonyl (C=O) groups is 1. The Kier molecular flexibility index (Phi) is 6.17. The summed E-state index contributed by atoms with van der Waals surface area (Å²) in [6, 6.07) is 2.66. The van der Waals surface area contributed by atoms with E-state index in [-0.39, 0.29) is 37.6 Å². The summed E-state index contributed by atoms with van der Waals surface area (Å²) in [6.45, 7) is 2.20. The van der Waals surface area contributed by atoms with E-state index < -0.39 is 5.91 Å². The number of hydrogen-bond donors (Lipinski definition) is 2. The SMILES string of the molecule is CCCn1nc(C(=O)N(CCO)CCO)ccc1=O. The lowest BCUT2D eigenvalue weighted by Gasteiger charge is -2.20. The van der Waals surface area contributed by atoms with Crippen molar-refractivity contribution in [3.05, 3.63) is 28.2 Å². The molecule has 0 radical (unpaired) electrons. The molecule has 1 heterocycles. The van der Waals surface area contributed by atoms with Crippen molar-refractivity contribution in [2.24, 2.45) is 0 Å². The minimum absolute atomic E-state index is 0.119. The van der Waals surface area contributed by atoms with Crippen LogP contribution in [0.4, 0.5) is 0 Å². The van der Waals surface area contributed by atoms with Crippen LogP contribution in [0.1, 0.15) is 23.8 Å². The average molecular weight is 269 g/mol. The van der Waals surface area contributed by atoms with Crippen LogP contribution in [0.5, 0.6) is 0 Å². The normalized spacial score (nSPS) is 10.5. The maximum absolute atomic E-state index is 12.1. The predicted octanol–water partition coefficient (Wildman–Crippen LogP) is -0.920. The van der Waals surface area contributed by atoms with E-state index in [1.807, 2.05) is 6.92 Å². The molecule has 19 heavy (non-hydrogen) atoms. The Bertz CT molecular complexity index is 466. The van der Waals surface area contributed by atoms with Crippen molar-refractivity contribution >= 4 is 5.91 Å². The zero-order valence-electron chi connectivity index (χ0n) is 10.9. The molecule has 0 aromatic carbocycles. The van der Waals surface area contributed by atoms with Crippen LogP contribution in [0.3, 0.4) is 0 Å². The number of hydrogen-bond acceptors (Lipinski definition) is 5. The quantitative estimate of drug-likeness (QED) is 0.667. The van der Waals surface area contributed by atoms with E-state index in [2.05, 4.69) is 5.10 Å². The van der Waals surface area contributed by atoms with Gasteiger partial charge in [-0.2, -0.15) is 5.10 Å². The van der Waals surface area contributed by atoms with Gasteiger partial charge in [-0.05, 0) is 12.5 Å². The van der Waals surface area contributed by atoms with Gasteiger partial charge in [0.05, 0.1) is 13.2 Å². The molecule has 0 fully saturated rings. The van der Waals surface area contributed by atoms with E-state index in [1.54, 1.807) is 0 Å². The zero-order valence-corrected chi connectivity index (χ0v) is 10.9. The highest BCUT2D eigenvalue weighted by atomic mass is 16.3. The fourth-order valence-corrected chi connectivity index (χ4v) is 1.65. The largest absolute Gasteiger partial charge is 0.395 e. The van der Waals surface area contributed by atoms with Gasteiger partial charge in [0.15, 0.2) is 0 Å². The van der Waals surface area contributed by atoms with Gasteiger partial charge in [-0.25, -0.2) is 4.68 Å². The number of aliphatic hydroxyl groups is 2. The van der Waals surface area contributed by atoms with Crippen LogP contribution in [0.15, 0.2) is 16.9 Å². The Morgan fingerprint density at radius 2 is 1.95 bits per heavy atom. The van der Waals surface area contributed by atoms with Crippen LogP contribution in [0.25, 0.3) is 0 Å². The molecule has 0 aliphatic heterocycles. The fraction of sp³-hybridized carbons (Fsp3) is 0.583. The van der Waals surface area contributed by atoms with Gasteiger partial charge in [-0.15, -0.1) is 0 Å². The molecule has 7 nitrogen and oxygen atoms in total. The molecule has 0 bridgehead atoms. The summed E-state index contributed by atoms with van der Waals surface area (Å²) in [6.07, 6.45) is 0.738. The van der Waals surface area contributed by atoms with Crippen LogP contribution in [0, 0.1) is 0 Å². The second-order valence-electron chi connectivity index (χ2n) is 4.02. The fourth-order valence-electron chi connectivity index (χ4n) is 1.65. The first kappa shape index (κ1) is 15.3. The summed E-state index contributed by atoms with van der Waals surface area (Å²) in [7, 11) is 0. The highest BCUT2D eigenvalue weighted by Gasteiger charge is 2.17. The number of amides is 1. The van der Waals surface area contributed by atoms with Gasteiger partial charge in [-0.3, -0.25) is 9.59 Å². The number of aliphatic hydroxyl groups excluding tert-OH is 2. The second-order valence-corrected chi connectivity index (χ2v) is 4.02. The van der Waals surface area contributed by atoms with Gasteiger partial charge >= 0.3 is 0 Å². The van der Waals surface area contributed by atoms with Crippen molar-refractivity contribution in [3.8, 4) is 0 Å². The topological polar surface area (TPSA) is 95.7 Å². The summed E-state index contributed by atoms with van der Waals surface area (Å²) < 4.78 is 1.24. The number of nitrogens with zero attached hydrogens (tertiary/aromatic N) is 3. The molecule has 7 heteroatoms.